The Kier molecular flexibility index (Phi) is 4.31. The van der Waals surface area contributed by atoms with Crippen LogP contribution >= 0.6 is 0 Å². The van der Waals surface area contributed by atoms with Crippen molar-refractivity contribution in [1.29, 1.82) is 0 Å². The molecule has 0 bridgehead atoms. The number of amides is 1. The number of H-pyrrole nitrogens is 1. The fourth-order valence-electron chi connectivity index (χ4n) is 3.06. The molecule has 1 saturated heterocycles. The largest absolute Gasteiger partial charge is 0.450 e. The molecular weight excluding hydrogens is 284 g/mol. The number of aromatic nitrogens is 2. The third-order valence-electron chi connectivity index (χ3n) is 4.28. The first kappa shape index (κ1) is 14.9. The van der Waals surface area contributed by atoms with Crippen LogP contribution < -0.4 is 10.5 Å². The summed E-state index contributed by atoms with van der Waals surface area (Å²) in [6.45, 7) is 4.66. The number of carbonyl (C=O) groups excluding carboxylic acids is 1. The van der Waals surface area contributed by atoms with Crippen LogP contribution in [0.2, 0.25) is 0 Å². The van der Waals surface area contributed by atoms with Gasteiger partial charge in [0.05, 0.1) is 12.3 Å². The van der Waals surface area contributed by atoms with Gasteiger partial charge in [0.25, 0.3) is 5.56 Å². The molecule has 3 rings (SSSR count). The molecule has 0 spiro atoms. The first-order valence-corrected chi connectivity index (χ1v) is 7.97. The average molecular weight is 306 g/mol. The monoisotopic (exact) mass is 306 g/mol. The van der Waals surface area contributed by atoms with Crippen LogP contribution in [-0.2, 0) is 17.6 Å². The van der Waals surface area contributed by atoms with Gasteiger partial charge in [-0.2, -0.15) is 0 Å². The quantitative estimate of drug-likeness (QED) is 0.879. The second kappa shape index (κ2) is 6.37. The standard InChI is InChI=1S/C15H22N4O3/c1-2-22-15(21)19-9-7-18(8-10-19)14-16-12-6-4-3-5-11(12)13(20)17-14/h2-10H2,1H3,(H,16,17,20). The van der Waals surface area contributed by atoms with Crippen LogP contribution in [0.3, 0.4) is 0 Å². The van der Waals surface area contributed by atoms with E-state index < -0.39 is 0 Å². The van der Waals surface area contributed by atoms with Crippen LogP contribution in [0, 0.1) is 0 Å². The molecule has 7 heteroatoms. The number of piperazine rings is 1. The number of aryl methyl sites for hydroxylation is 1. The molecule has 0 saturated carbocycles. The molecule has 1 aromatic heterocycles. The fourth-order valence-corrected chi connectivity index (χ4v) is 3.06. The Morgan fingerprint density at radius 2 is 1.95 bits per heavy atom. The number of aromatic amines is 1. The summed E-state index contributed by atoms with van der Waals surface area (Å²) in [4.78, 5) is 35.1. The molecule has 2 heterocycles. The maximum absolute atomic E-state index is 12.2. The SMILES string of the molecule is CCOC(=O)N1CCN(c2nc3c(c(=O)[nH]2)CCCC3)CC1. The van der Waals surface area contributed by atoms with E-state index >= 15 is 0 Å². The first-order chi connectivity index (χ1) is 10.7. The molecule has 0 aromatic carbocycles. The third kappa shape index (κ3) is 2.93. The predicted molar refractivity (Wildman–Crippen MR) is 82.3 cm³/mol. The highest BCUT2D eigenvalue weighted by Crippen LogP contribution is 2.19. The van der Waals surface area contributed by atoms with Crippen molar-refractivity contribution in [1.82, 2.24) is 14.9 Å². The maximum atomic E-state index is 12.2. The molecule has 1 N–H and O–H groups in total. The van der Waals surface area contributed by atoms with Crippen LogP contribution in [0.4, 0.5) is 10.7 Å². The van der Waals surface area contributed by atoms with E-state index in [1.807, 2.05) is 4.90 Å². The topological polar surface area (TPSA) is 78.5 Å². The van der Waals surface area contributed by atoms with Crippen molar-refractivity contribution in [2.45, 2.75) is 32.6 Å². The molecule has 7 nitrogen and oxygen atoms in total. The smallest absolute Gasteiger partial charge is 0.409 e. The van der Waals surface area contributed by atoms with Crippen LogP contribution in [-0.4, -0.2) is 53.7 Å². The summed E-state index contributed by atoms with van der Waals surface area (Å²) >= 11 is 0. The van der Waals surface area contributed by atoms with Crippen molar-refractivity contribution < 1.29 is 9.53 Å². The highest BCUT2D eigenvalue weighted by atomic mass is 16.6. The van der Waals surface area contributed by atoms with Gasteiger partial charge < -0.3 is 14.5 Å². The number of rotatable bonds is 2. The number of ether oxygens (including phenoxy) is 1. The zero-order valence-electron chi connectivity index (χ0n) is 12.9. The van der Waals surface area contributed by atoms with Crippen LogP contribution in [0.25, 0.3) is 0 Å². The molecule has 1 aliphatic heterocycles. The number of hydrogen-bond donors (Lipinski definition) is 1. The second-order valence-electron chi connectivity index (χ2n) is 5.69. The highest BCUT2D eigenvalue weighted by Gasteiger charge is 2.24. The lowest BCUT2D eigenvalue weighted by atomic mass is 9.97. The third-order valence-corrected chi connectivity index (χ3v) is 4.28. The summed E-state index contributed by atoms with van der Waals surface area (Å²) in [5.74, 6) is 0.633. The molecule has 0 unspecified atom stereocenters. The Morgan fingerprint density at radius 1 is 1.23 bits per heavy atom. The average Bonchev–Trinajstić information content (AvgIpc) is 2.55. The zero-order valence-corrected chi connectivity index (χ0v) is 12.9. The second-order valence-corrected chi connectivity index (χ2v) is 5.69. The lowest BCUT2D eigenvalue weighted by Gasteiger charge is -2.34. The van der Waals surface area contributed by atoms with E-state index in [-0.39, 0.29) is 11.7 Å². The van der Waals surface area contributed by atoms with E-state index in [0.29, 0.717) is 38.7 Å². The molecule has 22 heavy (non-hydrogen) atoms. The first-order valence-electron chi connectivity index (χ1n) is 7.97. The van der Waals surface area contributed by atoms with Crippen LogP contribution in [0.5, 0.6) is 0 Å². The van der Waals surface area contributed by atoms with Crippen molar-refractivity contribution >= 4 is 12.0 Å². The Balaban J connectivity index is 1.70. The molecule has 2 aliphatic rings. The van der Waals surface area contributed by atoms with Crippen molar-refractivity contribution in [2.75, 3.05) is 37.7 Å². The van der Waals surface area contributed by atoms with E-state index in [1.165, 1.54) is 0 Å². The lowest BCUT2D eigenvalue weighted by molar-refractivity contribution is 0.105. The van der Waals surface area contributed by atoms with Gasteiger partial charge in [-0.15, -0.1) is 0 Å². The summed E-state index contributed by atoms with van der Waals surface area (Å²) in [5.41, 5.74) is 1.78. The Hall–Kier alpha value is -2.05. The zero-order chi connectivity index (χ0) is 15.5. The van der Waals surface area contributed by atoms with Crippen molar-refractivity contribution in [3.63, 3.8) is 0 Å². The van der Waals surface area contributed by atoms with Gasteiger partial charge in [0.2, 0.25) is 5.95 Å². The Bertz CT molecular complexity index is 605. The number of nitrogens with one attached hydrogen (secondary N) is 1. The molecular formula is C15H22N4O3. The Morgan fingerprint density at radius 3 is 2.68 bits per heavy atom. The lowest BCUT2D eigenvalue weighted by Crippen LogP contribution is -2.49. The number of nitrogens with zero attached hydrogens (tertiary/aromatic N) is 3. The fraction of sp³-hybridized carbons (Fsp3) is 0.667. The predicted octanol–water partition coefficient (Wildman–Crippen LogP) is 0.927. The van der Waals surface area contributed by atoms with E-state index in [4.69, 9.17) is 4.74 Å². The van der Waals surface area contributed by atoms with Crippen LogP contribution in [0.15, 0.2) is 4.79 Å². The molecule has 120 valence electrons. The van der Waals surface area contributed by atoms with E-state index in [2.05, 4.69) is 9.97 Å². The number of carbonyl (C=O) groups is 1. The van der Waals surface area contributed by atoms with Gasteiger partial charge in [-0.1, -0.05) is 0 Å². The van der Waals surface area contributed by atoms with E-state index in [1.54, 1.807) is 11.8 Å². The van der Waals surface area contributed by atoms with Crippen molar-refractivity contribution in [3.8, 4) is 0 Å². The van der Waals surface area contributed by atoms with Crippen molar-refractivity contribution in [2.24, 2.45) is 0 Å². The normalized spacial score (nSPS) is 18.0. The summed E-state index contributed by atoms with van der Waals surface area (Å²) < 4.78 is 5.01. The number of hydrogen-bond acceptors (Lipinski definition) is 5. The van der Waals surface area contributed by atoms with Gasteiger partial charge >= 0.3 is 6.09 Å². The minimum atomic E-state index is -0.269. The molecule has 1 aliphatic carbocycles. The summed E-state index contributed by atoms with van der Waals surface area (Å²) in [7, 11) is 0. The molecule has 0 atom stereocenters. The minimum absolute atomic E-state index is 0.00692. The van der Waals surface area contributed by atoms with Gasteiger partial charge in [0.15, 0.2) is 0 Å². The molecule has 1 aromatic rings. The highest BCUT2D eigenvalue weighted by molar-refractivity contribution is 5.68. The van der Waals surface area contributed by atoms with Crippen LogP contribution in [0.1, 0.15) is 31.0 Å². The summed E-state index contributed by atoms with van der Waals surface area (Å²) in [6.07, 6.45) is 3.60. The number of anilines is 1. The summed E-state index contributed by atoms with van der Waals surface area (Å²) in [5, 5.41) is 0. The number of fused-ring (bicyclic) bond motifs is 1. The minimum Gasteiger partial charge on any atom is -0.450 e. The van der Waals surface area contributed by atoms with E-state index in [9.17, 15) is 9.59 Å². The molecule has 1 fully saturated rings. The van der Waals surface area contributed by atoms with Crippen molar-refractivity contribution in [3.05, 3.63) is 21.6 Å². The van der Waals surface area contributed by atoms with E-state index in [0.717, 1.165) is 36.9 Å². The molecule has 0 radical (unpaired) electrons. The van der Waals surface area contributed by atoms with Gasteiger partial charge in [-0.25, -0.2) is 9.78 Å². The molecule has 1 amide bonds. The van der Waals surface area contributed by atoms with Gasteiger partial charge in [0.1, 0.15) is 0 Å². The Labute approximate surface area is 129 Å². The summed E-state index contributed by atoms with van der Waals surface area (Å²) in [6, 6.07) is 0. The van der Waals surface area contributed by atoms with Gasteiger partial charge in [-0.3, -0.25) is 9.78 Å². The maximum Gasteiger partial charge on any atom is 0.409 e. The van der Waals surface area contributed by atoms with Gasteiger partial charge in [0, 0.05) is 31.7 Å². The van der Waals surface area contributed by atoms with Gasteiger partial charge in [-0.05, 0) is 32.6 Å².